The summed E-state index contributed by atoms with van der Waals surface area (Å²) in [6.45, 7) is 0.455. The second-order valence-electron chi connectivity index (χ2n) is 7.61. The number of nitrogens with one attached hydrogen (secondary N) is 1. The maximum Gasteiger partial charge on any atom is 0.278 e. The first-order valence-electron chi connectivity index (χ1n) is 10.4. The van der Waals surface area contributed by atoms with Gasteiger partial charge in [0.15, 0.2) is 0 Å². The molecular weight excluding hydrogens is 442 g/mol. The molecule has 0 bridgehead atoms. The maximum absolute atomic E-state index is 12.6. The molecule has 2 amide bonds. The third-order valence-electron chi connectivity index (χ3n) is 5.56. The van der Waals surface area contributed by atoms with Crippen LogP contribution in [-0.4, -0.2) is 34.8 Å². The third-order valence-corrected chi connectivity index (χ3v) is 5.79. The summed E-state index contributed by atoms with van der Waals surface area (Å²) in [7, 11) is 0. The Hall–Kier alpha value is -3.81. The fraction of sp³-hybridized carbons (Fsp3) is 0.120. The summed E-state index contributed by atoms with van der Waals surface area (Å²) >= 11 is 6.20. The quantitative estimate of drug-likeness (QED) is 0.260. The van der Waals surface area contributed by atoms with Crippen LogP contribution in [0, 0.1) is 0 Å². The number of rotatable bonds is 6. The average Bonchev–Trinajstić information content (AvgIpc) is 3.00. The zero-order chi connectivity index (χ0) is 22.9. The Morgan fingerprint density at radius 3 is 2.24 bits per heavy atom. The highest BCUT2D eigenvalue weighted by molar-refractivity contribution is 6.31. The van der Waals surface area contributed by atoms with Gasteiger partial charge in [-0.2, -0.15) is 0 Å². The van der Waals surface area contributed by atoms with Crippen LogP contribution in [0.2, 0.25) is 5.02 Å². The van der Waals surface area contributed by atoms with Crippen molar-refractivity contribution >= 4 is 50.8 Å². The molecule has 4 aromatic rings. The maximum atomic E-state index is 12.6. The number of benzene rings is 3. The van der Waals surface area contributed by atoms with Crippen molar-refractivity contribution in [3.8, 4) is 0 Å². The minimum Gasteiger partial charge on any atom is -0.276 e. The SMILES string of the molecule is O=C1c2ccccc2C(=O)N1CCCONc1c2cc(Cl)ccc2nc(=O)c2ccccc12. The Labute approximate surface area is 193 Å². The number of hydrogen-bond acceptors (Lipinski definition) is 6. The molecule has 0 fully saturated rings. The molecule has 8 heteroatoms. The van der Waals surface area contributed by atoms with Crippen molar-refractivity contribution in [3.63, 3.8) is 0 Å². The van der Waals surface area contributed by atoms with Gasteiger partial charge in [0.05, 0.1) is 34.3 Å². The van der Waals surface area contributed by atoms with Gasteiger partial charge in [-0.15, -0.1) is 0 Å². The predicted octanol–water partition coefficient (Wildman–Crippen LogP) is 4.43. The molecule has 164 valence electrons. The smallest absolute Gasteiger partial charge is 0.276 e. The molecule has 0 saturated carbocycles. The molecular formula is C25H18ClN3O4. The van der Waals surface area contributed by atoms with Crippen LogP contribution in [0.25, 0.3) is 21.7 Å². The molecule has 5 rings (SSSR count). The number of amides is 2. The molecule has 1 N–H and O–H groups in total. The fourth-order valence-electron chi connectivity index (χ4n) is 3.98. The summed E-state index contributed by atoms with van der Waals surface area (Å²) in [5, 5.41) is 2.23. The second kappa shape index (κ2) is 8.61. The van der Waals surface area contributed by atoms with Gasteiger partial charge in [0.1, 0.15) is 0 Å². The fourth-order valence-corrected chi connectivity index (χ4v) is 4.15. The summed E-state index contributed by atoms with van der Waals surface area (Å²) in [4.78, 5) is 48.7. The van der Waals surface area contributed by atoms with E-state index >= 15 is 0 Å². The minimum atomic E-state index is -0.350. The van der Waals surface area contributed by atoms with E-state index in [-0.39, 0.29) is 30.5 Å². The van der Waals surface area contributed by atoms with E-state index in [9.17, 15) is 14.4 Å². The summed E-state index contributed by atoms with van der Waals surface area (Å²) in [5.74, 6) is -0.585. The van der Waals surface area contributed by atoms with Crippen molar-refractivity contribution in [1.29, 1.82) is 0 Å². The van der Waals surface area contributed by atoms with Gasteiger partial charge in [-0.25, -0.2) is 4.98 Å². The number of halogens is 1. The topological polar surface area (TPSA) is 88.6 Å². The van der Waals surface area contributed by atoms with Gasteiger partial charge in [0, 0.05) is 22.3 Å². The number of carbonyl (C=O) groups is 2. The van der Waals surface area contributed by atoms with Gasteiger partial charge in [-0.05, 0) is 42.8 Å². The van der Waals surface area contributed by atoms with Crippen molar-refractivity contribution in [2.45, 2.75) is 6.42 Å². The van der Waals surface area contributed by atoms with Gasteiger partial charge in [-0.3, -0.25) is 29.6 Å². The highest BCUT2D eigenvalue weighted by Gasteiger charge is 2.34. The summed E-state index contributed by atoms with van der Waals surface area (Å²) in [6.07, 6.45) is 0.430. The lowest BCUT2D eigenvalue weighted by Gasteiger charge is -2.14. The summed E-state index contributed by atoms with van der Waals surface area (Å²) < 4.78 is 0. The lowest BCUT2D eigenvalue weighted by Crippen LogP contribution is -2.31. The molecule has 0 radical (unpaired) electrons. The molecule has 0 atom stereocenters. The Morgan fingerprint density at radius 1 is 0.848 bits per heavy atom. The Morgan fingerprint density at radius 2 is 1.52 bits per heavy atom. The van der Waals surface area contributed by atoms with Crippen molar-refractivity contribution in [1.82, 2.24) is 9.88 Å². The van der Waals surface area contributed by atoms with Crippen molar-refractivity contribution < 1.29 is 14.4 Å². The molecule has 2 heterocycles. The van der Waals surface area contributed by atoms with E-state index in [1.54, 1.807) is 54.6 Å². The lowest BCUT2D eigenvalue weighted by molar-refractivity contribution is 0.0638. The van der Waals surface area contributed by atoms with Crippen molar-refractivity contribution in [2.75, 3.05) is 18.6 Å². The van der Waals surface area contributed by atoms with Crippen LogP contribution in [0.4, 0.5) is 5.69 Å². The van der Waals surface area contributed by atoms with Gasteiger partial charge < -0.3 is 0 Å². The van der Waals surface area contributed by atoms with E-state index in [1.807, 2.05) is 12.1 Å². The lowest BCUT2D eigenvalue weighted by atomic mass is 10.1. The number of nitrogens with zero attached hydrogens (tertiary/aromatic N) is 2. The largest absolute Gasteiger partial charge is 0.278 e. The van der Waals surface area contributed by atoms with Gasteiger partial charge >= 0.3 is 0 Å². The molecule has 0 spiro atoms. The van der Waals surface area contributed by atoms with Crippen LogP contribution in [0.1, 0.15) is 27.1 Å². The number of imide groups is 1. The van der Waals surface area contributed by atoms with Crippen molar-refractivity contribution in [3.05, 3.63) is 93.2 Å². The minimum absolute atomic E-state index is 0.222. The first kappa shape index (κ1) is 21.1. The number of aromatic nitrogens is 1. The van der Waals surface area contributed by atoms with Crippen LogP contribution in [-0.2, 0) is 4.84 Å². The number of hydrogen-bond donors (Lipinski definition) is 1. The Bertz CT molecular complexity index is 1450. The number of anilines is 1. The van der Waals surface area contributed by atoms with Gasteiger partial charge in [-0.1, -0.05) is 41.9 Å². The van der Waals surface area contributed by atoms with Crippen LogP contribution in [0.5, 0.6) is 0 Å². The highest BCUT2D eigenvalue weighted by Crippen LogP contribution is 2.30. The zero-order valence-corrected chi connectivity index (χ0v) is 18.1. The molecule has 7 nitrogen and oxygen atoms in total. The average molecular weight is 460 g/mol. The number of fused-ring (bicyclic) bond motifs is 3. The second-order valence-corrected chi connectivity index (χ2v) is 8.05. The molecule has 0 aliphatic carbocycles. The molecule has 33 heavy (non-hydrogen) atoms. The molecule has 1 aliphatic rings. The standard InChI is InChI=1S/C25H18ClN3O4/c26-15-10-11-21-20(14-15)22(16-6-1-2-7-17(16)23(30)27-21)28-33-13-5-12-29-24(31)18-8-3-4-9-19(18)25(29)32/h1-4,6-11,14,28H,5,12-13H2. The molecule has 1 aliphatic heterocycles. The van der Waals surface area contributed by atoms with E-state index < -0.39 is 0 Å². The first-order chi connectivity index (χ1) is 16.0. The van der Waals surface area contributed by atoms with Crippen molar-refractivity contribution in [2.24, 2.45) is 0 Å². The van der Waals surface area contributed by atoms with E-state index in [0.717, 1.165) is 0 Å². The summed E-state index contributed by atoms with van der Waals surface area (Å²) in [5.41, 5.74) is 4.50. The van der Waals surface area contributed by atoms with E-state index in [0.29, 0.717) is 49.9 Å². The number of carbonyl (C=O) groups excluding carboxylic acids is 2. The summed E-state index contributed by atoms with van der Waals surface area (Å²) in [6, 6.07) is 19.0. The van der Waals surface area contributed by atoms with E-state index in [1.165, 1.54) is 4.90 Å². The Kier molecular flexibility index (Phi) is 5.50. The first-order valence-corrected chi connectivity index (χ1v) is 10.8. The molecule has 0 unspecified atom stereocenters. The zero-order valence-electron chi connectivity index (χ0n) is 17.4. The van der Waals surface area contributed by atoms with Crippen LogP contribution >= 0.6 is 11.6 Å². The van der Waals surface area contributed by atoms with Gasteiger partial charge in [0.25, 0.3) is 17.4 Å². The van der Waals surface area contributed by atoms with Crippen LogP contribution in [0.15, 0.2) is 71.5 Å². The Balaban J connectivity index is 1.35. The predicted molar refractivity (Wildman–Crippen MR) is 127 cm³/mol. The van der Waals surface area contributed by atoms with Gasteiger partial charge in [0.2, 0.25) is 0 Å². The van der Waals surface area contributed by atoms with E-state index in [4.69, 9.17) is 16.4 Å². The van der Waals surface area contributed by atoms with Crippen LogP contribution < -0.4 is 11.0 Å². The molecule has 1 aromatic heterocycles. The molecule has 0 saturated heterocycles. The third kappa shape index (κ3) is 3.82. The highest BCUT2D eigenvalue weighted by atomic mass is 35.5. The van der Waals surface area contributed by atoms with E-state index in [2.05, 4.69) is 10.5 Å². The molecule has 3 aromatic carbocycles. The monoisotopic (exact) mass is 459 g/mol. The van der Waals surface area contributed by atoms with Crippen LogP contribution in [0.3, 0.4) is 0 Å². The normalized spacial score (nSPS) is 13.1.